The maximum Gasteiger partial charge on any atom is 0.411 e. The third-order valence-corrected chi connectivity index (χ3v) is 5.19. The zero-order valence-electron chi connectivity index (χ0n) is 16.9. The van der Waals surface area contributed by atoms with Gasteiger partial charge in [0.1, 0.15) is 11.8 Å². The van der Waals surface area contributed by atoms with Crippen LogP contribution in [0.2, 0.25) is 0 Å². The summed E-state index contributed by atoms with van der Waals surface area (Å²) in [5.41, 5.74) is 3.24. The van der Waals surface area contributed by atoms with E-state index >= 15 is 0 Å². The molecule has 4 rings (SSSR count). The number of anilines is 1. The van der Waals surface area contributed by atoms with E-state index in [0.717, 1.165) is 24.1 Å². The number of rotatable bonds is 7. The van der Waals surface area contributed by atoms with Crippen LogP contribution in [0, 0.1) is 17.2 Å². The minimum atomic E-state index is -2.92. The van der Waals surface area contributed by atoms with E-state index in [1.165, 1.54) is 6.07 Å². The molecule has 0 bridgehead atoms. The van der Waals surface area contributed by atoms with Gasteiger partial charge in [0.15, 0.2) is 0 Å². The standard InChI is InChI=1S/C23H21F2N3O3/c1-2-30-23(29)27-16-7-5-15(6-8-16)21-19(12-26)18-10-9-17(31-22(24)25)11-20(18)28(21)13-14-3-4-14/h5-11,14,22H,2-4,13H2,1H3,(H,27,29). The second kappa shape index (κ2) is 8.64. The number of hydrogen-bond acceptors (Lipinski definition) is 4. The first kappa shape index (κ1) is 20.7. The quantitative estimate of drug-likeness (QED) is 0.522. The molecule has 1 aliphatic rings. The molecule has 1 saturated carbocycles. The Morgan fingerprint density at radius 3 is 2.61 bits per heavy atom. The molecule has 0 radical (unpaired) electrons. The van der Waals surface area contributed by atoms with Gasteiger partial charge in [-0.15, -0.1) is 0 Å². The fourth-order valence-corrected chi connectivity index (χ4v) is 3.66. The first-order valence-corrected chi connectivity index (χ1v) is 10.1. The molecular weight excluding hydrogens is 404 g/mol. The van der Waals surface area contributed by atoms with Crippen LogP contribution in [0.3, 0.4) is 0 Å². The number of aromatic nitrogens is 1. The van der Waals surface area contributed by atoms with E-state index in [2.05, 4.69) is 16.1 Å². The van der Waals surface area contributed by atoms with Gasteiger partial charge < -0.3 is 14.0 Å². The van der Waals surface area contributed by atoms with E-state index in [9.17, 15) is 18.8 Å². The average Bonchev–Trinajstić information content (AvgIpc) is 3.50. The van der Waals surface area contributed by atoms with Crippen molar-refractivity contribution < 1.29 is 23.0 Å². The van der Waals surface area contributed by atoms with Crippen LogP contribution >= 0.6 is 0 Å². The summed E-state index contributed by atoms with van der Waals surface area (Å²) in [5, 5.41) is 13.2. The fraction of sp³-hybridized carbons (Fsp3) is 0.304. The van der Waals surface area contributed by atoms with Gasteiger partial charge in [-0.05, 0) is 55.5 Å². The van der Waals surface area contributed by atoms with E-state index in [1.807, 2.05) is 16.7 Å². The van der Waals surface area contributed by atoms with Gasteiger partial charge in [-0.2, -0.15) is 14.0 Å². The molecule has 0 unspecified atom stereocenters. The van der Waals surface area contributed by atoms with Gasteiger partial charge in [0.05, 0.1) is 23.4 Å². The van der Waals surface area contributed by atoms with Crippen molar-refractivity contribution in [1.82, 2.24) is 4.57 Å². The smallest absolute Gasteiger partial charge is 0.411 e. The highest BCUT2D eigenvalue weighted by atomic mass is 19.3. The van der Waals surface area contributed by atoms with Crippen LogP contribution < -0.4 is 10.1 Å². The number of amides is 1. The Kier molecular flexibility index (Phi) is 5.76. The summed E-state index contributed by atoms with van der Waals surface area (Å²) < 4.78 is 36.9. The zero-order chi connectivity index (χ0) is 22.0. The lowest BCUT2D eigenvalue weighted by Gasteiger charge is -2.12. The molecule has 0 spiro atoms. The predicted molar refractivity (Wildman–Crippen MR) is 112 cm³/mol. The molecule has 1 aliphatic carbocycles. The molecule has 1 amide bonds. The summed E-state index contributed by atoms with van der Waals surface area (Å²) in [6, 6.07) is 14.0. The minimum absolute atomic E-state index is 0.0575. The lowest BCUT2D eigenvalue weighted by Crippen LogP contribution is -2.13. The number of hydrogen-bond donors (Lipinski definition) is 1. The number of halogens is 2. The lowest BCUT2D eigenvalue weighted by atomic mass is 10.1. The van der Waals surface area contributed by atoms with Crippen molar-refractivity contribution in [2.75, 3.05) is 11.9 Å². The van der Waals surface area contributed by atoms with E-state index in [-0.39, 0.29) is 12.4 Å². The molecule has 1 fully saturated rings. The number of benzene rings is 2. The van der Waals surface area contributed by atoms with E-state index in [0.29, 0.717) is 34.6 Å². The number of carbonyl (C=O) groups excluding carboxylic acids is 1. The highest BCUT2D eigenvalue weighted by Crippen LogP contribution is 2.39. The highest BCUT2D eigenvalue weighted by molar-refractivity contribution is 5.95. The first-order chi connectivity index (χ1) is 15.0. The molecule has 0 saturated heterocycles. The fourth-order valence-electron chi connectivity index (χ4n) is 3.66. The van der Waals surface area contributed by atoms with Crippen molar-refractivity contribution in [3.63, 3.8) is 0 Å². The Bertz CT molecular complexity index is 1150. The number of ether oxygens (including phenoxy) is 2. The molecule has 1 heterocycles. The monoisotopic (exact) mass is 425 g/mol. The molecule has 0 aliphatic heterocycles. The van der Waals surface area contributed by atoms with Gasteiger partial charge in [0.25, 0.3) is 0 Å². The Balaban J connectivity index is 1.78. The minimum Gasteiger partial charge on any atom is -0.450 e. The largest absolute Gasteiger partial charge is 0.450 e. The van der Waals surface area contributed by atoms with Gasteiger partial charge in [-0.3, -0.25) is 5.32 Å². The summed E-state index contributed by atoms with van der Waals surface area (Å²) in [4.78, 5) is 11.6. The Morgan fingerprint density at radius 2 is 2.00 bits per heavy atom. The molecular formula is C23H21F2N3O3. The zero-order valence-corrected chi connectivity index (χ0v) is 16.9. The second-order valence-electron chi connectivity index (χ2n) is 7.37. The van der Waals surface area contributed by atoms with Gasteiger partial charge in [-0.1, -0.05) is 12.1 Å². The van der Waals surface area contributed by atoms with Gasteiger partial charge in [-0.25, -0.2) is 4.79 Å². The van der Waals surface area contributed by atoms with Gasteiger partial charge in [0.2, 0.25) is 0 Å². The Morgan fingerprint density at radius 1 is 1.26 bits per heavy atom. The lowest BCUT2D eigenvalue weighted by molar-refractivity contribution is -0.0497. The van der Waals surface area contributed by atoms with Crippen LogP contribution in [0.25, 0.3) is 22.2 Å². The van der Waals surface area contributed by atoms with E-state index < -0.39 is 12.7 Å². The average molecular weight is 425 g/mol. The molecule has 1 N–H and O–H groups in total. The van der Waals surface area contributed by atoms with Crippen LogP contribution in [-0.4, -0.2) is 23.9 Å². The number of carbonyl (C=O) groups is 1. The van der Waals surface area contributed by atoms with Gasteiger partial charge >= 0.3 is 12.7 Å². The van der Waals surface area contributed by atoms with Crippen LogP contribution in [0.15, 0.2) is 42.5 Å². The van der Waals surface area contributed by atoms with Crippen molar-refractivity contribution in [3.05, 3.63) is 48.0 Å². The number of fused-ring (bicyclic) bond motifs is 1. The third kappa shape index (κ3) is 4.45. The number of nitriles is 1. The Labute approximate surface area is 178 Å². The van der Waals surface area contributed by atoms with Crippen molar-refractivity contribution in [2.24, 2.45) is 5.92 Å². The molecule has 6 nitrogen and oxygen atoms in total. The van der Waals surface area contributed by atoms with E-state index in [1.54, 1.807) is 31.2 Å². The molecule has 160 valence electrons. The van der Waals surface area contributed by atoms with Crippen molar-refractivity contribution in [1.29, 1.82) is 5.26 Å². The summed E-state index contributed by atoms with van der Waals surface area (Å²) >= 11 is 0. The molecule has 0 atom stereocenters. The highest BCUT2D eigenvalue weighted by Gasteiger charge is 2.27. The van der Waals surface area contributed by atoms with Crippen LogP contribution in [0.4, 0.5) is 19.3 Å². The Hall–Kier alpha value is -3.60. The maximum absolute atomic E-state index is 12.7. The number of nitrogens with one attached hydrogen (secondary N) is 1. The van der Waals surface area contributed by atoms with Crippen molar-refractivity contribution >= 4 is 22.7 Å². The molecule has 2 aromatic carbocycles. The molecule has 8 heteroatoms. The predicted octanol–water partition coefficient (Wildman–Crippen LogP) is 5.76. The van der Waals surface area contributed by atoms with E-state index in [4.69, 9.17) is 4.74 Å². The third-order valence-electron chi connectivity index (χ3n) is 5.19. The summed E-state index contributed by atoms with van der Waals surface area (Å²) in [7, 11) is 0. The van der Waals surface area contributed by atoms with Crippen LogP contribution in [-0.2, 0) is 11.3 Å². The van der Waals surface area contributed by atoms with Crippen molar-refractivity contribution in [2.45, 2.75) is 32.9 Å². The van der Waals surface area contributed by atoms with Crippen LogP contribution in [0.1, 0.15) is 25.3 Å². The summed E-state index contributed by atoms with van der Waals surface area (Å²) in [6.07, 6.45) is 1.65. The summed E-state index contributed by atoms with van der Waals surface area (Å²) in [5.74, 6) is 0.549. The maximum atomic E-state index is 12.7. The normalized spacial score (nSPS) is 13.3. The van der Waals surface area contributed by atoms with Crippen molar-refractivity contribution in [3.8, 4) is 23.1 Å². The SMILES string of the molecule is CCOC(=O)Nc1ccc(-c2c(C#N)c3ccc(OC(F)F)cc3n2CC2CC2)cc1. The topological polar surface area (TPSA) is 76.3 Å². The second-order valence-corrected chi connectivity index (χ2v) is 7.37. The summed E-state index contributed by atoms with van der Waals surface area (Å²) in [6.45, 7) is -0.232. The van der Waals surface area contributed by atoms with Gasteiger partial charge in [0, 0.05) is 23.7 Å². The van der Waals surface area contributed by atoms with Crippen LogP contribution in [0.5, 0.6) is 5.75 Å². The molecule has 31 heavy (non-hydrogen) atoms. The first-order valence-electron chi connectivity index (χ1n) is 10.1. The number of nitrogens with zero attached hydrogens (tertiary/aromatic N) is 2. The number of alkyl halides is 2. The molecule has 1 aromatic heterocycles. The molecule has 3 aromatic rings.